The van der Waals surface area contributed by atoms with Crippen molar-refractivity contribution in [3.63, 3.8) is 0 Å². The molecule has 450 valence electrons. The summed E-state index contributed by atoms with van der Waals surface area (Å²) in [4.78, 5) is 35.3. The van der Waals surface area contributed by atoms with Gasteiger partial charge in [0.25, 0.3) is 0 Å². The van der Waals surface area contributed by atoms with Crippen molar-refractivity contribution in [1.82, 2.24) is 0 Å². The van der Waals surface area contributed by atoms with Crippen LogP contribution in [0.15, 0.2) is 24.3 Å². The Labute approximate surface area is 472 Å². The third-order valence-electron chi connectivity index (χ3n) is 15.1. The van der Waals surface area contributed by atoms with E-state index in [1.807, 2.05) is 0 Å². The maximum Gasteiger partial charge on any atom is 0.472 e. The maximum absolute atomic E-state index is 12.7. The van der Waals surface area contributed by atoms with Crippen LogP contribution in [0, 0.1) is 0 Å². The van der Waals surface area contributed by atoms with Gasteiger partial charge in [-0.1, -0.05) is 321 Å². The topological polar surface area (TPSA) is 134 Å². The van der Waals surface area contributed by atoms with Gasteiger partial charge in [-0.25, -0.2) is 4.57 Å². The smallest absolute Gasteiger partial charge is 0.462 e. The van der Waals surface area contributed by atoms with Gasteiger partial charge in [0.1, 0.15) is 6.61 Å². The second kappa shape index (κ2) is 62.7. The molecule has 0 fully saturated rings. The Kier molecular flexibility index (Phi) is 61.4. The van der Waals surface area contributed by atoms with Gasteiger partial charge in [0.05, 0.1) is 13.2 Å². The number of ether oxygens (including phenoxy) is 2. The molecule has 0 saturated heterocycles. The molecule has 0 aliphatic carbocycles. The predicted molar refractivity (Wildman–Crippen MR) is 326 cm³/mol. The number of phosphoric ester groups is 1. The van der Waals surface area contributed by atoms with E-state index in [-0.39, 0.29) is 38.6 Å². The summed E-state index contributed by atoms with van der Waals surface area (Å²) in [7, 11) is -4.39. The lowest BCUT2D eigenvalue weighted by molar-refractivity contribution is -0.161. The third kappa shape index (κ3) is 61.7. The average Bonchev–Trinajstić information content (AvgIpc) is 3.41. The van der Waals surface area contributed by atoms with Crippen molar-refractivity contribution < 1.29 is 37.6 Å². The van der Waals surface area contributed by atoms with Crippen LogP contribution < -0.4 is 5.73 Å². The monoisotopic (exact) mass is 1090 g/mol. The van der Waals surface area contributed by atoms with Crippen molar-refractivity contribution in [2.24, 2.45) is 5.73 Å². The van der Waals surface area contributed by atoms with Crippen molar-refractivity contribution in [3.05, 3.63) is 24.3 Å². The minimum atomic E-state index is -4.39. The van der Waals surface area contributed by atoms with Crippen molar-refractivity contribution in [2.75, 3.05) is 26.4 Å². The van der Waals surface area contributed by atoms with E-state index in [1.54, 1.807) is 0 Å². The van der Waals surface area contributed by atoms with Gasteiger partial charge >= 0.3 is 19.8 Å². The Morgan fingerprint density at radius 2 is 0.684 bits per heavy atom. The van der Waals surface area contributed by atoms with Gasteiger partial charge in [-0.3, -0.25) is 18.6 Å². The largest absolute Gasteiger partial charge is 0.472 e. The molecule has 76 heavy (non-hydrogen) atoms. The highest BCUT2D eigenvalue weighted by Crippen LogP contribution is 2.43. The predicted octanol–water partition coefficient (Wildman–Crippen LogP) is 21.4. The molecular formula is C66H128NO8P. The number of hydrogen-bond acceptors (Lipinski definition) is 8. The lowest BCUT2D eigenvalue weighted by atomic mass is 10.0. The minimum Gasteiger partial charge on any atom is -0.462 e. The number of carbonyl (C=O) groups excluding carboxylic acids is 2. The molecule has 0 spiro atoms. The SMILES string of the molecule is CCCCCCC/C=C\C/C=C\CCCCCCCCCCCCCCCC(=O)OC(COC(=O)CCCCCCCCCCCCCCCCCCCCCCCCCCCCCCCC)COP(=O)(O)OCCN. The Morgan fingerprint density at radius 3 is 1.00 bits per heavy atom. The average molecular weight is 1090 g/mol. The number of unbranched alkanes of at least 4 members (excludes halogenated alkanes) is 47. The normalized spacial score (nSPS) is 13.1. The van der Waals surface area contributed by atoms with Crippen LogP contribution in [0.4, 0.5) is 0 Å². The van der Waals surface area contributed by atoms with Gasteiger partial charge in [0.15, 0.2) is 6.10 Å². The molecule has 0 radical (unpaired) electrons. The zero-order valence-corrected chi connectivity index (χ0v) is 51.4. The van der Waals surface area contributed by atoms with Crippen LogP contribution in [0.1, 0.15) is 354 Å². The number of nitrogens with two attached hydrogens (primary N) is 1. The number of allylic oxidation sites excluding steroid dienone is 4. The van der Waals surface area contributed by atoms with E-state index in [2.05, 4.69) is 38.2 Å². The summed E-state index contributed by atoms with van der Waals surface area (Å²) in [6, 6.07) is 0. The van der Waals surface area contributed by atoms with Crippen LogP contribution in [-0.4, -0.2) is 49.3 Å². The summed E-state index contributed by atoms with van der Waals surface area (Å²) in [5.74, 6) is -0.807. The summed E-state index contributed by atoms with van der Waals surface area (Å²) in [5, 5.41) is 0. The molecule has 0 heterocycles. The molecule has 0 amide bonds. The zero-order valence-electron chi connectivity index (χ0n) is 50.5. The number of carbonyl (C=O) groups is 2. The second-order valence-corrected chi connectivity index (χ2v) is 24.2. The van der Waals surface area contributed by atoms with Crippen molar-refractivity contribution in [2.45, 2.75) is 360 Å². The Hall–Kier alpha value is -1.51. The molecule has 0 aromatic carbocycles. The van der Waals surface area contributed by atoms with Gasteiger partial charge in [-0.2, -0.15) is 0 Å². The first kappa shape index (κ1) is 74.5. The molecule has 10 heteroatoms. The van der Waals surface area contributed by atoms with Gasteiger partial charge in [-0.05, 0) is 44.9 Å². The number of phosphoric acid groups is 1. The molecule has 9 nitrogen and oxygen atoms in total. The van der Waals surface area contributed by atoms with Gasteiger partial charge in [0.2, 0.25) is 0 Å². The Balaban J connectivity index is 3.84. The van der Waals surface area contributed by atoms with E-state index >= 15 is 0 Å². The van der Waals surface area contributed by atoms with Crippen LogP contribution in [0.2, 0.25) is 0 Å². The minimum absolute atomic E-state index is 0.0560. The van der Waals surface area contributed by atoms with Crippen LogP contribution in [0.5, 0.6) is 0 Å². The van der Waals surface area contributed by atoms with Crippen LogP contribution >= 0.6 is 7.82 Å². The number of hydrogen-bond donors (Lipinski definition) is 2. The maximum atomic E-state index is 12.7. The van der Waals surface area contributed by atoms with E-state index in [4.69, 9.17) is 24.3 Å². The van der Waals surface area contributed by atoms with E-state index in [0.717, 1.165) is 44.9 Å². The standard InChI is InChI=1S/C66H128NO8P/c1-3-5-7-9-11-13-15-17-19-21-23-25-27-29-30-31-32-33-35-36-38-40-42-44-46-48-50-52-54-56-58-65(68)72-62-64(63-74-76(70,71)73-61-60-67)75-66(69)59-57-55-53-51-49-47-45-43-41-39-37-34-28-26-24-22-20-18-16-14-12-10-8-6-4-2/h16,18,22,24,64H,3-15,17,19-21,23,25-63,67H2,1-2H3,(H,70,71)/b18-16-,24-22-. The molecule has 0 aliphatic heterocycles. The van der Waals surface area contributed by atoms with Gasteiger partial charge in [-0.15, -0.1) is 0 Å². The summed E-state index contributed by atoms with van der Waals surface area (Å²) >= 11 is 0. The fourth-order valence-corrected chi connectivity index (χ4v) is 10.9. The molecule has 0 rings (SSSR count). The van der Waals surface area contributed by atoms with E-state index in [0.29, 0.717) is 6.42 Å². The van der Waals surface area contributed by atoms with E-state index < -0.39 is 26.5 Å². The molecule has 0 bridgehead atoms. The van der Waals surface area contributed by atoms with Crippen LogP contribution in [0.25, 0.3) is 0 Å². The highest BCUT2D eigenvalue weighted by atomic mass is 31.2. The fourth-order valence-electron chi connectivity index (χ4n) is 10.1. The highest BCUT2D eigenvalue weighted by Gasteiger charge is 2.26. The summed E-state index contributed by atoms with van der Waals surface area (Å²) in [5.41, 5.74) is 5.40. The summed E-state index contributed by atoms with van der Waals surface area (Å²) in [6.45, 7) is 3.81. The second-order valence-electron chi connectivity index (χ2n) is 22.7. The number of rotatable bonds is 64. The van der Waals surface area contributed by atoms with Crippen LogP contribution in [-0.2, 0) is 32.7 Å². The van der Waals surface area contributed by atoms with Crippen molar-refractivity contribution in [1.29, 1.82) is 0 Å². The quantitative estimate of drug-likeness (QED) is 0.0264. The first-order valence-corrected chi connectivity index (χ1v) is 34.8. The lowest BCUT2D eigenvalue weighted by Gasteiger charge is -2.19. The van der Waals surface area contributed by atoms with Crippen molar-refractivity contribution in [3.8, 4) is 0 Å². The van der Waals surface area contributed by atoms with Crippen LogP contribution in [0.3, 0.4) is 0 Å². The first-order valence-electron chi connectivity index (χ1n) is 33.3. The van der Waals surface area contributed by atoms with E-state index in [9.17, 15) is 19.0 Å². The molecule has 2 unspecified atom stereocenters. The number of esters is 2. The molecule has 2 atom stereocenters. The summed E-state index contributed by atoms with van der Waals surface area (Å²) < 4.78 is 33.1. The Bertz CT molecular complexity index is 1290. The first-order chi connectivity index (χ1) is 37.3. The zero-order chi connectivity index (χ0) is 55.2. The molecule has 3 N–H and O–H groups in total. The summed E-state index contributed by atoms with van der Waals surface area (Å²) in [6.07, 6.45) is 75.5. The molecular weight excluding hydrogens is 966 g/mol. The third-order valence-corrected chi connectivity index (χ3v) is 16.1. The molecule has 0 aromatic heterocycles. The molecule has 0 saturated carbocycles. The highest BCUT2D eigenvalue weighted by molar-refractivity contribution is 7.47. The molecule has 0 aliphatic rings. The van der Waals surface area contributed by atoms with E-state index in [1.165, 1.54) is 276 Å². The van der Waals surface area contributed by atoms with Crippen molar-refractivity contribution >= 4 is 19.8 Å². The van der Waals surface area contributed by atoms with Gasteiger partial charge in [0, 0.05) is 19.4 Å². The van der Waals surface area contributed by atoms with Gasteiger partial charge < -0.3 is 20.1 Å². The fraction of sp³-hybridized carbons (Fsp3) is 0.909. The molecule has 0 aromatic rings. The Morgan fingerprint density at radius 1 is 0.395 bits per heavy atom. The lowest BCUT2D eigenvalue weighted by Crippen LogP contribution is -2.29.